The Morgan fingerprint density at radius 2 is 1.93 bits per heavy atom. The zero-order valence-corrected chi connectivity index (χ0v) is 16.7. The zero-order chi connectivity index (χ0) is 19.6. The van der Waals surface area contributed by atoms with E-state index in [4.69, 9.17) is 23.2 Å². The van der Waals surface area contributed by atoms with E-state index < -0.39 is 5.91 Å². The normalized spacial score (nSPS) is 11.6. The summed E-state index contributed by atoms with van der Waals surface area (Å²) < 4.78 is 2.77. The average molecular weight is 420 g/mol. The van der Waals surface area contributed by atoms with Crippen molar-refractivity contribution >= 4 is 62.3 Å². The Hall–Kier alpha value is -2.41. The Kier molecular flexibility index (Phi) is 5.79. The molecule has 0 saturated heterocycles. The van der Waals surface area contributed by atoms with Crippen LogP contribution in [0.2, 0.25) is 10.0 Å². The second-order valence-corrected chi connectivity index (χ2v) is 7.60. The quantitative estimate of drug-likeness (QED) is 0.611. The largest absolute Gasteiger partial charge is 0.326 e. The summed E-state index contributed by atoms with van der Waals surface area (Å²) in [7, 11) is 0. The highest BCUT2D eigenvalue weighted by atomic mass is 35.5. The molecule has 0 aliphatic rings. The number of aromatic nitrogens is 1. The summed E-state index contributed by atoms with van der Waals surface area (Å²) in [5.41, 5.74) is 1.89. The number of fused-ring (bicyclic) bond motifs is 1. The number of hydrogen-bond donors (Lipinski definition) is 1. The maximum Gasteiger partial charge on any atom is 0.279 e. The van der Waals surface area contributed by atoms with Gasteiger partial charge in [-0.15, -0.1) is 6.58 Å². The predicted molar refractivity (Wildman–Crippen MR) is 111 cm³/mol. The molecule has 0 unspecified atom stereocenters. The Bertz CT molecular complexity index is 1110. The lowest BCUT2D eigenvalue weighted by Crippen LogP contribution is -2.16. The van der Waals surface area contributed by atoms with Gasteiger partial charge in [-0.05, 0) is 36.4 Å². The van der Waals surface area contributed by atoms with E-state index in [1.165, 1.54) is 30.4 Å². The van der Waals surface area contributed by atoms with E-state index in [1.807, 2.05) is 16.7 Å². The number of carbonyl (C=O) groups excluding carboxylic acids is 2. The van der Waals surface area contributed by atoms with E-state index in [0.717, 1.165) is 10.2 Å². The number of thiazole rings is 1. The number of anilines is 1. The van der Waals surface area contributed by atoms with Gasteiger partial charge < -0.3 is 9.88 Å². The summed E-state index contributed by atoms with van der Waals surface area (Å²) in [6.07, 6.45) is 1.73. The molecule has 138 valence electrons. The molecule has 1 heterocycles. The molecule has 2 aromatic carbocycles. The second kappa shape index (κ2) is 8.08. The molecule has 0 saturated carbocycles. The minimum absolute atomic E-state index is 0.150. The van der Waals surface area contributed by atoms with Gasteiger partial charge in [0.15, 0.2) is 4.80 Å². The molecule has 0 bridgehead atoms. The Labute approximate surface area is 169 Å². The molecule has 0 atom stereocenters. The number of hydrogen-bond acceptors (Lipinski definition) is 3. The van der Waals surface area contributed by atoms with Gasteiger partial charge in [-0.3, -0.25) is 9.59 Å². The molecule has 3 rings (SSSR count). The van der Waals surface area contributed by atoms with Gasteiger partial charge in [0.25, 0.3) is 5.91 Å². The smallest absolute Gasteiger partial charge is 0.279 e. The van der Waals surface area contributed by atoms with E-state index in [9.17, 15) is 9.59 Å². The van der Waals surface area contributed by atoms with E-state index in [1.54, 1.807) is 18.2 Å². The Morgan fingerprint density at radius 3 is 2.56 bits per heavy atom. The molecular weight excluding hydrogens is 405 g/mol. The molecule has 0 fully saturated rings. The summed E-state index contributed by atoms with van der Waals surface area (Å²) in [5.74, 6) is -0.589. The lowest BCUT2D eigenvalue weighted by atomic mass is 10.2. The molecule has 5 nitrogen and oxygen atoms in total. The number of benzene rings is 2. The third-order valence-electron chi connectivity index (χ3n) is 3.62. The van der Waals surface area contributed by atoms with Crippen molar-refractivity contribution in [2.75, 3.05) is 5.32 Å². The third-order valence-corrected chi connectivity index (χ3v) is 5.10. The lowest BCUT2D eigenvalue weighted by molar-refractivity contribution is -0.114. The van der Waals surface area contributed by atoms with Crippen LogP contribution in [-0.2, 0) is 11.3 Å². The van der Waals surface area contributed by atoms with Gasteiger partial charge in [-0.1, -0.05) is 40.6 Å². The Morgan fingerprint density at radius 1 is 1.22 bits per heavy atom. The maximum absolute atomic E-state index is 12.6. The summed E-state index contributed by atoms with van der Waals surface area (Å²) in [6, 6.07) is 10.1. The third kappa shape index (κ3) is 4.47. The predicted octanol–water partition coefficient (Wildman–Crippen LogP) is 4.90. The highest BCUT2D eigenvalue weighted by Crippen LogP contribution is 2.23. The van der Waals surface area contributed by atoms with Crippen LogP contribution in [0.3, 0.4) is 0 Å². The molecule has 0 radical (unpaired) electrons. The summed E-state index contributed by atoms with van der Waals surface area (Å²) >= 11 is 13.3. The lowest BCUT2D eigenvalue weighted by Gasteiger charge is -2.04. The van der Waals surface area contributed by atoms with Crippen LogP contribution in [0.25, 0.3) is 10.2 Å². The number of rotatable bonds is 4. The summed E-state index contributed by atoms with van der Waals surface area (Å²) in [5, 5.41) is 3.49. The summed E-state index contributed by atoms with van der Waals surface area (Å²) in [6.45, 7) is 5.70. The second-order valence-electron chi connectivity index (χ2n) is 5.72. The monoisotopic (exact) mass is 419 g/mol. The number of carbonyl (C=O) groups is 2. The molecule has 27 heavy (non-hydrogen) atoms. The van der Waals surface area contributed by atoms with Crippen molar-refractivity contribution in [3.63, 3.8) is 0 Å². The van der Waals surface area contributed by atoms with Gasteiger partial charge in [0.2, 0.25) is 5.91 Å². The van der Waals surface area contributed by atoms with Crippen molar-refractivity contribution < 1.29 is 9.59 Å². The molecular formula is C19H15Cl2N3O2S. The highest BCUT2D eigenvalue weighted by Gasteiger charge is 2.11. The number of amides is 2. The fourth-order valence-electron chi connectivity index (χ4n) is 2.57. The van der Waals surface area contributed by atoms with E-state index >= 15 is 0 Å². The molecule has 1 N–H and O–H groups in total. The SMILES string of the molecule is C=CCn1c(=NC(=O)c2cc(Cl)cc(Cl)c2)sc2cc(NC(C)=O)ccc21. The van der Waals surface area contributed by atoms with Crippen LogP contribution in [0.15, 0.2) is 54.0 Å². The number of nitrogens with zero attached hydrogens (tertiary/aromatic N) is 2. The van der Waals surface area contributed by atoms with E-state index in [0.29, 0.717) is 32.6 Å². The van der Waals surface area contributed by atoms with Crippen molar-refractivity contribution in [1.82, 2.24) is 4.57 Å². The fraction of sp³-hybridized carbons (Fsp3) is 0.105. The van der Waals surface area contributed by atoms with Crippen LogP contribution in [0, 0.1) is 0 Å². The minimum Gasteiger partial charge on any atom is -0.326 e. The van der Waals surface area contributed by atoms with E-state index in [-0.39, 0.29) is 5.91 Å². The van der Waals surface area contributed by atoms with Gasteiger partial charge in [0, 0.05) is 34.8 Å². The molecule has 0 spiro atoms. The van der Waals surface area contributed by atoms with Gasteiger partial charge >= 0.3 is 0 Å². The van der Waals surface area contributed by atoms with Gasteiger partial charge in [0.1, 0.15) is 0 Å². The Balaban J connectivity index is 2.12. The van der Waals surface area contributed by atoms with Gasteiger partial charge in [-0.25, -0.2) is 0 Å². The molecule has 0 aliphatic carbocycles. The fourth-order valence-corrected chi connectivity index (χ4v) is 4.18. The standard InChI is InChI=1S/C19H15Cl2N3O2S/c1-3-6-24-16-5-4-15(22-11(2)25)10-17(16)27-19(24)23-18(26)12-7-13(20)9-14(21)8-12/h3-5,7-10H,1,6H2,2H3,(H,22,25). The summed E-state index contributed by atoms with van der Waals surface area (Å²) in [4.78, 5) is 28.6. The topological polar surface area (TPSA) is 63.5 Å². The first-order valence-corrected chi connectivity index (χ1v) is 9.51. The van der Waals surface area contributed by atoms with Crippen LogP contribution < -0.4 is 10.1 Å². The minimum atomic E-state index is -0.439. The maximum atomic E-state index is 12.6. The van der Waals surface area contributed by atoms with Crippen molar-refractivity contribution in [3.8, 4) is 0 Å². The van der Waals surface area contributed by atoms with Crippen LogP contribution in [-0.4, -0.2) is 16.4 Å². The van der Waals surface area contributed by atoms with Crippen LogP contribution in [0.4, 0.5) is 5.69 Å². The number of nitrogens with one attached hydrogen (secondary N) is 1. The first kappa shape index (κ1) is 19.4. The van der Waals surface area contributed by atoms with Crippen molar-refractivity contribution in [1.29, 1.82) is 0 Å². The first-order valence-electron chi connectivity index (χ1n) is 7.94. The molecule has 0 aliphatic heterocycles. The zero-order valence-electron chi connectivity index (χ0n) is 14.3. The first-order chi connectivity index (χ1) is 12.9. The number of allylic oxidation sites excluding steroid dienone is 1. The van der Waals surface area contributed by atoms with E-state index in [2.05, 4.69) is 16.9 Å². The molecule has 8 heteroatoms. The highest BCUT2D eigenvalue weighted by molar-refractivity contribution is 7.16. The van der Waals surface area contributed by atoms with Crippen molar-refractivity contribution in [2.45, 2.75) is 13.5 Å². The van der Waals surface area contributed by atoms with Crippen LogP contribution in [0.5, 0.6) is 0 Å². The molecule has 3 aromatic rings. The molecule has 2 amide bonds. The van der Waals surface area contributed by atoms with Gasteiger partial charge in [-0.2, -0.15) is 4.99 Å². The average Bonchev–Trinajstić information content (AvgIpc) is 2.90. The van der Waals surface area contributed by atoms with Crippen LogP contribution in [0.1, 0.15) is 17.3 Å². The van der Waals surface area contributed by atoms with Crippen molar-refractivity contribution in [3.05, 3.63) is 69.5 Å². The van der Waals surface area contributed by atoms with Crippen molar-refractivity contribution in [2.24, 2.45) is 4.99 Å². The van der Waals surface area contributed by atoms with Crippen LogP contribution >= 0.6 is 34.5 Å². The van der Waals surface area contributed by atoms with Gasteiger partial charge in [0.05, 0.1) is 10.2 Å². The molecule has 1 aromatic heterocycles. The number of halogens is 2.